The summed E-state index contributed by atoms with van der Waals surface area (Å²) in [5, 5.41) is 11.2. The lowest BCUT2D eigenvalue weighted by molar-refractivity contribution is -0.134. The largest absolute Gasteiger partial charge is 0.504 e. The Morgan fingerprint density at radius 1 is 1.22 bits per heavy atom. The number of benzene rings is 2. The molecule has 0 unspecified atom stereocenters. The first-order chi connectivity index (χ1) is 13.1. The topological polar surface area (TPSA) is 49.8 Å². The summed E-state index contributed by atoms with van der Waals surface area (Å²) in [6.45, 7) is 1.44. The van der Waals surface area contributed by atoms with Crippen LogP contribution in [0.25, 0.3) is 11.1 Å². The van der Waals surface area contributed by atoms with Crippen LogP contribution < -0.4 is 4.74 Å². The van der Waals surface area contributed by atoms with Crippen LogP contribution >= 0.6 is 11.6 Å². The fraction of sp³-hybridized carbons (Fsp3) is 0.409. The zero-order chi connectivity index (χ0) is 18.6. The molecule has 0 aromatic heterocycles. The van der Waals surface area contributed by atoms with Crippen LogP contribution in [-0.2, 0) is 11.3 Å². The van der Waals surface area contributed by atoms with Gasteiger partial charge in [0.1, 0.15) is 6.61 Å². The van der Waals surface area contributed by atoms with Gasteiger partial charge >= 0.3 is 0 Å². The minimum Gasteiger partial charge on any atom is -0.504 e. The van der Waals surface area contributed by atoms with E-state index in [-0.39, 0.29) is 17.6 Å². The van der Waals surface area contributed by atoms with Crippen LogP contribution in [0.2, 0.25) is 5.02 Å². The van der Waals surface area contributed by atoms with Crippen molar-refractivity contribution in [2.24, 2.45) is 11.3 Å². The van der Waals surface area contributed by atoms with Gasteiger partial charge in [0.15, 0.2) is 11.5 Å². The van der Waals surface area contributed by atoms with Crippen molar-refractivity contribution in [2.75, 3.05) is 13.2 Å². The Labute approximate surface area is 163 Å². The molecule has 4 nitrogen and oxygen atoms in total. The summed E-state index contributed by atoms with van der Waals surface area (Å²) in [5.41, 5.74) is 2.96. The summed E-state index contributed by atoms with van der Waals surface area (Å²) < 4.78 is 5.80. The van der Waals surface area contributed by atoms with Gasteiger partial charge in [0.05, 0.1) is 6.54 Å². The smallest absolute Gasteiger partial charge is 0.226 e. The van der Waals surface area contributed by atoms with Crippen molar-refractivity contribution < 1.29 is 14.6 Å². The first-order valence-electron chi connectivity index (χ1n) is 9.59. The van der Waals surface area contributed by atoms with E-state index >= 15 is 0 Å². The highest BCUT2D eigenvalue weighted by Crippen LogP contribution is 2.66. The SMILES string of the molecule is O=C([C@@H]1CC12CCC2)N1CCOc2c(O)cc(-c3cccc(Cl)c3)cc2C1. The predicted molar refractivity (Wildman–Crippen MR) is 104 cm³/mol. The van der Waals surface area contributed by atoms with Gasteiger partial charge in [0, 0.05) is 23.0 Å². The third-order valence-corrected chi connectivity index (χ3v) is 6.66. The second kappa shape index (κ2) is 6.16. The van der Waals surface area contributed by atoms with E-state index < -0.39 is 0 Å². The van der Waals surface area contributed by atoms with Gasteiger partial charge in [0.25, 0.3) is 0 Å². The lowest BCUT2D eigenvalue weighted by atomic mass is 9.79. The first kappa shape index (κ1) is 16.9. The van der Waals surface area contributed by atoms with Crippen molar-refractivity contribution >= 4 is 17.5 Å². The molecule has 2 aliphatic carbocycles. The van der Waals surface area contributed by atoms with Gasteiger partial charge < -0.3 is 14.7 Å². The molecule has 1 amide bonds. The summed E-state index contributed by atoms with van der Waals surface area (Å²) in [6, 6.07) is 11.2. The summed E-state index contributed by atoms with van der Waals surface area (Å²) in [5.74, 6) is 1.04. The number of carbonyl (C=O) groups excluding carboxylic acids is 1. The molecule has 3 aliphatic rings. The number of rotatable bonds is 2. The fourth-order valence-electron chi connectivity index (χ4n) is 4.62. The summed E-state index contributed by atoms with van der Waals surface area (Å²) in [7, 11) is 0. The number of phenolic OH excluding ortho intramolecular Hbond substituents is 1. The summed E-state index contributed by atoms with van der Waals surface area (Å²) in [6.07, 6.45) is 4.70. The highest BCUT2D eigenvalue weighted by Gasteiger charge is 2.61. The summed E-state index contributed by atoms with van der Waals surface area (Å²) >= 11 is 6.12. The molecular weight excluding hydrogens is 362 g/mol. The predicted octanol–water partition coefficient (Wildman–Crippen LogP) is 4.62. The van der Waals surface area contributed by atoms with E-state index in [0.717, 1.165) is 23.1 Å². The number of hydrogen-bond donors (Lipinski definition) is 1. The van der Waals surface area contributed by atoms with Crippen molar-refractivity contribution in [1.29, 1.82) is 0 Å². The second-order valence-electron chi connectivity index (χ2n) is 8.07. The molecule has 140 valence electrons. The molecule has 5 heteroatoms. The minimum absolute atomic E-state index is 0.110. The third-order valence-electron chi connectivity index (χ3n) is 6.42. The van der Waals surface area contributed by atoms with Crippen LogP contribution in [0.5, 0.6) is 11.5 Å². The maximum absolute atomic E-state index is 13.0. The summed E-state index contributed by atoms with van der Waals surface area (Å²) in [4.78, 5) is 14.9. The molecule has 1 heterocycles. The third kappa shape index (κ3) is 2.87. The molecule has 2 aromatic carbocycles. The molecule has 0 bridgehead atoms. The number of halogens is 1. The maximum atomic E-state index is 13.0. The van der Waals surface area contributed by atoms with Gasteiger partial charge in [-0.3, -0.25) is 4.79 Å². The van der Waals surface area contributed by atoms with Crippen molar-refractivity contribution in [1.82, 2.24) is 4.90 Å². The molecule has 1 aliphatic heterocycles. The molecule has 2 fully saturated rings. The van der Waals surface area contributed by atoms with Crippen LogP contribution in [0.15, 0.2) is 36.4 Å². The number of aromatic hydroxyl groups is 1. The van der Waals surface area contributed by atoms with Crippen LogP contribution in [0.4, 0.5) is 0 Å². The number of amides is 1. The van der Waals surface area contributed by atoms with E-state index in [2.05, 4.69) is 0 Å². The van der Waals surface area contributed by atoms with Gasteiger partial charge in [-0.05, 0) is 60.1 Å². The molecule has 1 spiro atoms. The quantitative estimate of drug-likeness (QED) is 0.822. The number of carbonyl (C=O) groups is 1. The van der Waals surface area contributed by atoms with Crippen LogP contribution in [0.3, 0.4) is 0 Å². The average molecular weight is 384 g/mol. The Balaban J connectivity index is 1.45. The molecular formula is C22H22ClNO3. The van der Waals surface area contributed by atoms with Crippen LogP contribution in [-0.4, -0.2) is 29.1 Å². The lowest BCUT2D eigenvalue weighted by Gasteiger charge is -2.28. The van der Waals surface area contributed by atoms with E-state index in [9.17, 15) is 9.90 Å². The van der Waals surface area contributed by atoms with E-state index in [1.807, 2.05) is 35.2 Å². The van der Waals surface area contributed by atoms with E-state index in [1.54, 1.807) is 6.07 Å². The van der Waals surface area contributed by atoms with Crippen LogP contribution in [0, 0.1) is 11.3 Å². The van der Waals surface area contributed by atoms with Gasteiger partial charge in [-0.15, -0.1) is 0 Å². The van der Waals surface area contributed by atoms with Crippen molar-refractivity contribution in [2.45, 2.75) is 32.2 Å². The van der Waals surface area contributed by atoms with Crippen molar-refractivity contribution in [3.8, 4) is 22.6 Å². The van der Waals surface area contributed by atoms with E-state index in [0.29, 0.717) is 35.9 Å². The molecule has 5 rings (SSSR count). The molecule has 2 saturated carbocycles. The Kier molecular flexibility index (Phi) is 3.87. The van der Waals surface area contributed by atoms with Crippen molar-refractivity contribution in [3.05, 3.63) is 47.0 Å². The number of ether oxygens (including phenoxy) is 1. The van der Waals surface area contributed by atoms with E-state index in [1.165, 1.54) is 19.3 Å². The molecule has 0 radical (unpaired) electrons. The zero-order valence-corrected chi connectivity index (χ0v) is 15.8. The highest BCUT2D eigenvalue weighted by molar-refractivity contribution is 6.30. The second-order valence-corrected chi connectivity index (χ2v) is 8.51. The standard InChI is InChI=1S/C22H22ClNO3/c23-17-4-1-3-14(10-17)15-9-16-13-24(7-8-27-20(16)19(25)11-15)21(26)18-12-22(18)5-2-6-22/h1,3-4,9-11,18,25H,2,5-8,12-13H2/t18-/m0/s1. The van der Waals surface area contributed by atoms with Gasteiger partial charge in [-0.25, -0.2) is 0 Å². The first-order valence-corrected chi connectivity index (χ1v) is 9.97. The van der Waals surface area contributed by atoms with Gasteiger partial charge in [-0.1, -0.05) is 30.2 Å². The highest BCUT2D eigenvalue weighted by atomic mass is 35.5. The Morgan fingerprint density at radius 3 is 2.78 bits per heavy atom. The van der Waals surface area contributed by atoms with E-state index in [4.69, 9.17) is 16.3 Å². The van der Waals surface area contributed by atoms with Gasteiger partial charge in [-0.2, -0.15) is 0 Å². The monoisotopic (exact) mass is 383 g/mol. The molecule has 2 aromatic rings. The minimum atomic E-state index is 0.110. The Morgan fingerprint density at radius 2 is 2.07 bits per heavy atom. The zero-order valence-electron chi connectivity index (χ0n) is 15.1. The van der Waals surface area contributed by atoms with Crippen LogP contribution in [0.1, 0.15) is 31.2 Å². The number of nitrogens with zero attached hydrogens (tertiary/aromatic N) is 1. The number of hydrogen-bond acceptors (Lipinski definition) is 3. The lowest BCUT2D eigenvalue weighted by Crippen LogP contribution is -2.35. The van der Waals surface area contributed by atoms with Gasteiger partial charge in [0.2, 0.25) is 5.91 Å². The van der Waals surface area contributed by atoms with Crippen molar-refractivity contribution in [3.63, 3.8) is 0 Å². The molecule has 1 atom stereocenters. The maximum Gasteiger partial charge on any atom is 0.226 e. The molecule has 1 N–H and O–H groups in total. The molecule has 27 heavy (non-hydrogen) atoms. The number of fused-ring (bicyclic) bond motifs is 1. The normalized spacial score (nSPS) is 22.4. The molecule has 0 saturated heterocycles. The average Bonchev–Trinajstić information content (AvgIpc) is 3.40. The fourth-order valence-corrected chi connectivity index (χ4v) is 4.81. The number of phenols is 1. The Bertz CT molecular complexity index is 922. The Hall–Kier alpha value is -2.20.